The van der Waals surface area contributed by atoms with Crippen LogP contribution in [-0.2, 0) is 19.9 Å². The minimum atomic E-state index is 0.203. The third-order valence-electron chi connectivity index (χ3n) is 3.61. The summed E-state index contributed by atoms with van der Waals surface area (Å²) in [5.74, 6) is 1.04. The Morgan fingerprint density at radius 2 is 2.20 bits per heavy atom. The zero-order chi connectivity index (χ0) is 14.7. The average Bonchev–Trinajstić information content (AvgIpc) is 2.98. The third-order valence-corrected chi connectivity index (χ3v) is 4.08. The Labute approximate surface area is 125 Å². The molecule has 0 aliphatic rings. The van der Waals surface area contributed by atoms with E-state index in [9.17, 15) is 0 Å². The van der Waals surface area contributed by atoms with Gasteiger partial charge in [-0.3, -0.25) is 4.68 Å². The molecule has 1 atom stereocenters. The molecule has 1 N–H and O–H groups in total. The summed E-state index contributed by atoms with van der Waals surface area (Å²) in [6.07, 6.45) is 3.47. The van der Waals surface area contributed by atoms with Crippen LogP contribution in [0, 0.1) is 6.92 Å². The molecule has 0 aromatic carbocycles. The van der Waals surface area contributed by atoms with Gasteiger partial charge in [0, 0.05) is 30.6 Å². The molecule has 1 unspecified atom stereocenters. The fourth-order valence-electron chi connectivity index (χ4n) is 2.60. The second-order valence-corrected chi connectivity index (χ2v) is 5.30. The number of furan rings is 1. The van der Waals surface area contributed by atoms with Crippen LogP contribution in [0.1, 0.15) is 42.5 Å². The third kappa shape index (κ3) is 2.91. The van der Waals surface area contributed by atoms with Gasteiger partial charge >= 0.3 is 0 Å². The SMILES string of the molecule is CCNC(Cc1c(C)nn(C)c1Cl)c1ccoc1CC. The molecule has 5 heteroatoms. The van der Waals surface area contributed by atoms with Crippen LogP contribution in [0.5, 0.6) is 0 Å². The van der Waals surface area contributed by atoms with Crippen LogP contribution in [0.3, 0.4) is 0 Å². The zero-order valence-electron chi connectivity index (χ0n) is 12.5. The molecule has 0 aliphatic heterocycles. The molecule has 2 aromatic heterocycles. The van der Waals surface area contributed by atoms with Crippen molar-refractivity contribution in [2.45, 2.75) is 39.7 Å². The first kappa shape index (κ1) is 15.1. The molecule has 0 saturated heterocycles. The van der Waals surface area contributed by atoms with Gasteiger partial charge < -0.3 is 9.73 Å². The Balaban J connectivity index is 2.30. The van der Waals surface area contributed by atoms with Gasteiger partial charge in [-0.15, -0.1) is 0 Å². The van der Waals surface area contributed by atoms with Crippen molar-refractivity contribution in [2.24, 2.45) is 7.05 Å². The van der Waals surface area contributed by atoms with Gasteiger partial charge in [-0.05, 0) is 26.0 Å². The largest absolute Gasteiger partial charge is 0.469 e. The minimum absolute atomic E-state index is 0.203. The maximum atomic E-state index is 6.34. The zero-order valence-corrected chi connectivity index (χ0v) is 13.3. The fourth-order valence-corrected chi connectivity index (χ4v) is 2.85. The molecule has 0 fully saturated rings. The number of likely N-dealkylation sites (N-methyl/N-ethyl adjacent to an activating group) is 1. The molecule has 4 nitrogen and oxygen atoms in total. The first-order valence-corrected chi connectivity index (χ1v) is 7.43. The van der Waals surface area contributed by atoms with E-state index in [-0.39, 0.29) is 6.04 Å². The lowest BCUT2D eigenvalue weighted by Gasteiger charge is -2.18. The lowest BCUT2D eigenvalue weighted by atomic mass is 9.99. The lowest BCUT2D eigenvalue weighted by molar-refractivity contribution is 0.487. The molecule has 2 rings (SSSR count). The van der Waals surface area contributed by atoms with Crippen LogP contribution in [0.15, 0.2) is 16.7 Å². The second-order valence-electron chi connectivity index (χ2n) is 4.95. The number of halogens is 1. The highest BCUT2D eigenvalue weighted by Crippen LogP contribution is 2.28. The molecule has 110 valence electrons. The van der Waals surface area contributed by atoms with E-state index in [1.54, 1.807) is 10.9 Å². The van der Waals surface area contributed by atoms with E-state index in [1.807, 2.05) is 20.0 Å². The highest BCUT2D eigenvalue weighted by molar-refractivity contribution is 6.30. The van der Waals surface area contributed by atoms with Crippen molar-refractivity contribution in [3.63, 3.8) is 0 Å². The number of rotatable bonds is 6. The number of aromatic nitrogens is 2. The number of nitrogens with zero attached hydrogens (tertiary/aromatic N) is 2. The first-order chi connectivity index (χ1) is 9.58. The van der Waals surface area contributed by atoms with E-state index in [0.717, 1.165) is 36.4 Å². The van der Waals surface area contributed by atoms with Gasteiger partial charge in [-0.1, -0.05) is 25.4 Å². The molecular formula is C15H22ClN3O. The molecule has 2 heterocycles. The Morgan fingerprint density at radius 3 is 2.75 bits per heavy atom. The topological polar surface area (TPSA) is 43.0 Å². The molecule has 0 saturated carbocycles. The maximum absolute atomic E-state index is 6.34. The molecule has 0 bridgehead atoms. The Hall–Kier alpha value is -1.26. The summed E-state index contributed by atoms with van der Waals surface area (Å²) < 4.78 is 7.28. The Morgan fingerprint density at radius 1 is 1.45 bits per heavy atom. The van der Waals surface area contributed by atoms with E-state index in [2.05, 4.69) is 24.3 Å². The van der Waals surface area contributed by atoms with E-state index in [1.165, 1.54) is 5.56 Å². The second kappa shape index (κ2) is 6.46. The molecule has 0 spiro atoms. The number of hydrogen-bond donors (Lipinski definition) is 1. The lowest BCUT2D eigenvalue weighted by Crippen LogP contribution is -2.23. The van der Waals surface area contributed by atoms with Crippen molar-refractivity contribution >= 4 is 11.6 Å². The summed E-state index contributed by atoms with van der Waals surface area (Å²) in [7, 11) is 1.87. The molecule has 20 heavy (non-hydrogen) atoms. The van der Waals surface area contributed by atoms with Crippen LogP contribution in [0.4, 0.5) is 0 Å². The van der Waals surface area contributed by atoms with E-state index < -0.39 is 0 Å². The fraction of sp³-hybridized carbons (Fsp3) is 0.533. The van der Waals surface area contributed by atoms with Gasteiger partial charge in [-0.2, -0.15) is 5.10 Å². The van der Waals surface area contributed by atoms with Crippen molar-refractivity contribution in [3.8, 4) is 0 Å². The number of aryl methyl sites for hydroxylation is 3. The summed E-state index contributed by atoms with van der Waals surface area (Å²) >= 11 is 6.34. The smallest absolute Gasteiger partial charge is 0.130 e. The van der Waals surface area contributed by atoms with Crippen molar-refractivity contribution in [1.29, 1.82) is 0 Å². The van der Waals surface area contributed by atoms with Crippen LogP contribution in [0.2, 0.25) is 5.15 Å². The molecule has 0 radical (unpaired) electrons. The maximum Gasteiger partial charge on any atom is 0.130 e. The Bertz CT molecular complexity index is 574. The van der Waals surface area contributed by atoms with Crippen molar-refractivity contribution in [2.75, 3.05) is 6.54 Å². The molecule has 0 aliphatic carbocycles. The quantitative estimate of drug-likeness (QED) is 0.888. The van der Waals surface area contributed by atoms with Crippen LogP contribution < -0.4 is 5.32 Å². The summed E-state index contributed by atoms with van der Waals surface area (Å²) in [6, 6.07) is 2.25. The van der Waals surface area contributed by atoms with Crippen LogP contribution in [0.25, 0.3) is 0 Å². The van der Waals surface area contributed by atoms with Gasteiger partial charge in [0.25, 0.3) is 0 Å². The molecule has 2 aromatic rings. The predicted molar refractivity (Wildman–Crippen MR) is 81.2 cm³/mol. The van der Waals surface area contributed by atoms with Crippen molar-refractivity contribution in [3.05, 3.63) is 40.1 Å². The van der Waals surface area contributed by atoms with Gasteiger partial charge in [0.2, 0.25) is 0 Å². The summed E-state index contributed by atoms with van der Waals surface area (Å²) in [4.78, 5) is 0. The normalized spacial score (nSPS) is 12.8. The summed E-state index contributed by atoms with van der Waals surface area (Å²) in [6.45, 7) is 7.11. The summed E-state index contributed by atoms with van der Waals surface area (Å²) in [5.41, 5.74) is 3.30. The predicted octanol–water partition coefficient (Wildman–Crippen LogP) is 3.43. The van der Waals surface area contributed by atoms with E-state index in [0.29, 0.717) is 5.15 Å². The van der Waals surface area contributed by atoms with Crippen LogP contribution >= 0.6 is 11.6 Å². The number of nitrogens with one attached hydrogen (secondary N) is 1. The van der Waals surface area contributed by atoms with Crippen molar-refractivity contribution < 1.29 is 4.42 Å². The highest BCUT2D eigenvalue weighted by atomic mass is 35.5. The first-order valence-electron chi connectivity index (χ1n) is 7.06. The summed E-state index contributed by atoms with van der Waals surface area (Å²) in [5, 5.41) is 8.61. The van der Waals surface area contributed by atoms with Gasteiger partial charge in [-0.25, -0.2) is 0 Å². The van der Waals surface area contributed by atoms with Gasteiger partial charge in [0.05, 0.1) is 12.0 Å². The molecular weight excluding hydrogens is 274 g/mol. The standard InChI is InChI=1S/C15H22ClN3O/c1-5-14-11(7-8-20-14)13(17-6-2)9-12-10(3)18-19(4)15(12)16/h7-8,13,17H,5-6,9H2,1-4H3. The average molecular weight is 296 g/mol. The van der Waals surface area contributed by atoms with Gasteiger partial charge in [0.1, 0.15) is 10.9 Å². The molecule has 0 amide bonds. The Kier molecular flexibility index (Phi) is 4.89. The van der Waals surface area contributed by atoms with E-state index >= 15 is 0 Å². The minimum Gasteiger partial charge on any atom is -0.469 e. The van der Waals surface area contributed by atoms with Crippen LogP contribution in [-0.4, -0.2) is 16.3 Å². The van der Waals surface area contributed by atoms with Gasteiger partial charge in [0.15, 0.2) is 0 Å². The monoisotopic (exact) mass is 295 g/mol. The van der Waals surface area contributed by atoms with E-state index in [4.69, 9.17) is 16.0 Å². The highest BCUT2D eigenvalue weighted by Gasteiger charge is 2.21. The van der Waals surface area contributed by atoms with Crippen molar-refractivity contribution in [1.82, 2.24) is 15.1 Å². The number of hydrogen-bond acceptors (Lipinski definition) is 3.